The molecule has 0 bridgehead atoms. The van der Waals surface area contributed by atoms with Crippen molar-refractivity contribution in [1.29, 1.82) is 5.26 Å². The lowest BCUT2D eigenvalue weighted by molar-refractivity contribution is 0.749. The Hall–Kier alpha value is -2.76. The zero-order chi connectivity index (χ0) is 15.1. The molecule has 0 aromatic carbocycles. The summed E-state index contributed by atoms with van der Waals surface area (Å²) in [6, 6.07) is 2.13. The first-order valence-electron chi connectivity index (χ1n) is 6.75. The first-order valence-corrected chi connectivity index (χ1v) is 6.75. The van der Waals surface area contributed by atoms with Gasteiger partial charge in [-0.3, -0.25) is 0 Å². The van der Waals surface area contributed by atoms with Crippen molar-refractivity contribution in [3.63, 3.8) is 0 Å². The predicted molar refractivity (Wildman–Crippen MR) is 77.0 cm³/mol. The summed E-state index contributed by atoms with van der Waals surface area (Å²) < 4.78 is 1.48. The molecule has 0 amide bonds. The van der Waals surface area contributed by atoms with E-state index in [9.17, 15) is 0 Å². The molecule has 1 N–H and O–H groups in total. The summed E-state index contributed by atoms with van der Waals surface area (Å²) in [6.07, 6.45) is 3.36. The molecule has 0 atom stereocenters. The van der Waals surface area contributed by atoms with Crippen LogP contribution in [-0.4, -0.2) is 49.4 Å². The first kappa shape index (κ1) is 14.6. The van der Waals surface area contributed by atoms with Crippen molar-refractivity contribution in [2.24, 2.45) is 0 Å². The van der Waals surface area contributed by atoms with Gasteiger partial charge in [0.15, 0.2) is 0 Å². The van der Waals surface area contributed by atoms with Gasteiger partial charge in [-0.05, 0) is 13.8 Å². The van der Waals surface area contributed by atoms with E-state index in [1.165, 1.54) is 17.3 Å². The second kappa shape index (κ2) is 7.14. The molecule has 2 aromatic rings. The third-order valence-electron chi connectivity index (χ3n) is 2.73. The van der Waals surface area contributed by atoms with Gasteiger partial charge in [-0.2, -0.15) is 30.0 Å². The van der Waals surface area contributed by atoms with E-state index in [2.05, 4.69) is 36.4 Å². The minimum atomic E-state index is 0.392. The zero-order valence-electron chi connectivity index (χ0n) is 12.1. The van der Waals surface area contributed by atoms with Crippen LogP contribution in [0.25, 0.3) is 5.95 Å². The molecule has 2 aromatic heterocycles. The van der Waals surface area contributed by atoms with Gasteiger partial charge in [-0.25, -0.2) is 4.98 Å². The summed E-state index contributed by atoms with van der Waals surface area (Å²) in [4.78, 5) is 18.9. The van der Waals surface area contributed by atoms with E-state index in [0.717, 1.165) is 0 Å². The Morgan fingerprint density at radius 2 is 2.19 bits per heavy atom. The lowest BCUT2D eigenvalue weighted by Gasteiger charge is -2.20. The van der Waals surface area contributed by atoms with E-state index in [4.69, 9.17) is 5.26 Å². The van der Waals surface area contributed by atoms with Crippen LogP contribution in [0.15, 0.2) is 12.7 Å². The SMILES string of the molecule is CCNc1nc(N(CC)CCC#N)nc(-n2cncn2)n1. The molecule has 0 fully saturated rings. The van der Waals surface area contributed by atoms with Gasteiger partial charge in [0.25, 0.3) is 5.95 Å². The Kier molecular flexibility index (Phi) is 4.98. The fraction of sp³-hybridized carbons (Fsp3) is 0.500. The molecule has 9 heteroatoms. The highest BCUT2D eigenvalue weighted by atomic mass is 15.4. The number of nitriles is 1. The average Bonchev–Trinajstić information content (AvgIpc) is 3.02. The van der Waals surface area contributed by atoms with Gasteiger partial charge in [0.1, 0.15) is 12.7 Å². The number of rotatable bonds is 7. The summed E-state index contributed by atoms with van der Waals surface area (Å²) >= 11 is 0. The van der Waals surface area contributed by atoms with Gasteiger partial charge in [-0.1, -0.05) is 0 Å². The summed E-state index contributed by atoms with van der Waals surface area (Å²) in [5.74, 6) is 1.39. The lowest BCUT2D eigenvalue weighted by Crippen LogP contribution is -2.27. The second-order valence-corrected chi connectivity index (χ2v) is 4.12. The van der Waals surface area contributed by atoms with Gasteiger partial charge in [0.2, 0.25) is 11.9 Å². The van der Waals surface area contributed by atoms with Crippen LogP contribution < -0.4 is 10.2 Å². The highest BCUT2D eigenvalue weighted by Crippen LogP contribution is 2.13. The topological polar surface area (TPSA) is 108 Å². The number of aromatic nitrogens is 6. The number of anilines is 2. The van der Waals surface area contributed by atoms with E-state index in [1.807, 2.05) is 18.7 Å². The van der Waals surface area contributed by atoms with Crippen molar-refractivity contribution in [1.82, 2.24) is 29.7 Å². The Bertz CT molecular complexity index is 602. The van der Waals surface area contributed by atoms with Gasteiger partial charge >= 0.3 is 0 Å². The van der Waals surface area contributed by atoms with E-state index >= 15 is 0 Å². The summed E-state index contributed by atoms with van der Waals surface area (Å²) in [5, 5.41) is 15.8. The van der Waals surface area contributed by atoms with Crippen LogP contribution in [0, 0.1) is 11.3 Å². The molecule has 0 spiro atoms. The molecule has 2 heterocycles. The largest absolute Gasteiger partial charge is 0.354 e. The molecule has 0 aliphatic heterocycles. The van der Waals surface area contributed by atoms with Crippen LogP contribution in [0.4, 0.5) is 11.9 Å². The number of hydrogen-bond acceptors (Lipinski definition) is 8. The standard InChI is InChI=1S/C12H17N9/c1-3-15-10-17-11(20(4-2)7-5-6-13)19-12(18-10)21-9-14-8-16-21/h8-9H,3-5,7H2,1-2H3,(H,15,17,18,19). The smallest absolute Gasteiger partial charge is 0.258 e. The zero-order valence-corrected chi connectivity index (χ0v) is 12.1. The molecular formula is C12H17N9. The van der Waals surface area contributed by atoms with Crippen LogP contribution in [-0.2, 0) is 0 Å². The van der Waals surface area contributed by atoms with Gasteiger partial charge in [-0.15, -0.1) is 0 Å². The highest BCUT2D eigenvalue weighted by molar-refractivity contribution is 5.39. The molecule has 110 valence electrons. The van der Waals surface area contributed by atoms with Crippen LogP contribution in [0.5, 0.6) is 0 Å². The maximum Gasteiger partial charge on any atom is 0.258 e. The molecule has 0 unspecified atom stereocenters. The van der Waals surface area contributed by atoms with E-state index in [1.54, 1.807) is 0 Å². The summed E-state index contributed by atoms with van der Waals surface area (Å²) in [6.45, 7) is 5.92. The monoisotopic (exact) mass is 287 g/mol. The maximum absolute atomic E-state index is 8.74. The molecule has 0 saturated carbocycles. The van der Waals surface area contributed by atoms with Crippen LogP contribution in [0.1, 0.15) is 20.3 Å². The van der Waals surface area contributed by atoms with Gasteiger partial charge in [0.05, 0.1) is 12.5 Å². The Morgan fingerprint density at radius 1 is 1.33 bits per heavy atom. The van der Waals surface area contributed by atoms with Crippen molar-refractivity contribution < 1.29 is 0 Å². The summed E-state index contributed by atoms with van der Waals surface area (Å²) in [5.41, 5.74) is 0. The van der Waals surface area contributed by atoms with Crippen LogP contribution in [0.2, 0.25) is 0 Å². The molecule has 21 heavy (non-hydrogen) atoms. The average molecular weight is 287 g/mol. The molecular weight excluding hydrogens is 270 g/mol. The summed E-state index contributed by atoms with van der Waals surface area (Å²) in [7, 11) is 0. The maximum atomic E-state index is 8.74. The first-order chi connectivity index (χ1) is 10.3. The predicted octanol–water partition coefficient (Wildman–Crippen LogP) is 0.624. The van der Waals surface area contributed by atoms with E-state index in [-0.39, 0.29) is 0 Å². The van der Waals surface area contributed by atoms with Crippen molar-refractivity contribution in [2.75, 3.05) is 29.9 Å². The van der Waals surface area contributed by atoms with Crippen molar-refractivity contribution in [3.8, 4) is 12.0 Å². The fourth-order valence-electron chi connectivity index (χ4n) is 1.73. The minimum Gasteiger partial charge on any atom is -0.354 e. The third-order valence-corrected chi connectivity index (χ3v) is 2.73. The quantitative estimate of drug-likeness (QED) is 0.789. The Morgan fingerprint density at radius 3 is 2.81 bits per heavy atom. The molecule has 0 aliphatic rings. The molecule has 0 radical (unpaired) electrons. The normalized spacial score (nSPS) is 10.1. The van der Waals surface area contributed by atoms with E-state index in [0.29, 0.717) is 43.9 Å². The van der Waals surface area contributed by atoms with Crippen molar-refractivity contribution >= 4 is 11.9 Å². The van der Waals surface area contributed by atoms with Crippen LogP contribution >= 0.6 is 0 Å². The van der Waals surface area contributed by atoms with Crippen LogP contribution in [0.3, 0.4) is 0 Å². The van der Waals surface area contributed by atoms with Gasteiger partial charge < -0.3 is 10.2 Å². The van der Waals surface area contributed by atoms with Gasteiger partial charge in [0, 0.05) is 19.6 Å². The van der Waals surface area contributed by atoms with Crippen molar-refractivity contribution in [3.05, 3.63) is 12.7 Å². The fourth-order valence-corrected chi connectivity index (χ4v) is 1.73. The molecule has 0 saturated heterocycles. The lowest BCUT2D eigenvalue weighted by atomic mass is 10.4. The third kappa shape index (κ3) is 3.62. The Balaban J connectivity index is 2.37. The minimum absolute atomic E-state index is 0.392. The second-order valence-electron chi connectivity index (χ2n) is 4.12. The number of nitrogens with one attached hydrogen (secondary N) is 1. The molecule has 2 rings (SSSR count). The van der Waals surface area contributed by atoms with E-state index < -0.39 is 0 Å². The Labute approximate surface area is 122 Å². The molecule has 9 nitrogen and oxygen atoms in total. The van der Waals surface area contributed by atoms with Crippen molar-refractivity contribution in [2.45, 2.75) is 20.3 Å². The number of hydrogen-bond donors (Lipinski definition) is 1. The molecule has 0 aliphatic carbocycles. The number of nitrogens with zero attached hydrogens (tertiary/aromatic N) is 8. The highest BCUT2D eigenvalue weighted by Gasteiger charge is 2.13.